The molecule has 2 aromatic carbocycles. The van der Waals surface area contributed by atoms with Crippen molar-refractivity contribution < 1.29 is 14.4 Å². The molecule has 0 bridgehead atoms. The molecule has 8 heteroatoms. The highest BCUT2D eigenvalue weighted by Crippen LogP contribution is 2.31. The molecule has 0 unspecified atom stereocenters. The summed E-state index contributed by atoms with van der Waals surface area (Å²) in [6.07, 6.45) is 0.209. The van der Waals surface area contributed by atoms with E-state index in [9.17, 15) is 14.4 Å². The molecule has 0 saturated heterocycles. The number of benzene rings is 2. The van der Waals surface area contributed by atoms with Crippen molar-refractivity contribution in [3.63, 3.8) is 0 Å². The number of nitrogens with one attached hydrogen (secondary N) is 2. The minimum absolute atomic E-state index is 0.0416. The fraction of sp³-hybridized carbons (Fsp3) is 0.318. The second-order valence-electron chi connectivity index (χ2n) is 7.56. The van der Waals surface area contributed by atoms with Gasteiger partial charge in [-0.05, 0) is 56.8 Å². The lowest BCUT2D eigenvalue weighted by molar-refractivity contribution is -0.121. The average Bonchev–Trinajstić information content (AvgIpc) is 2.77. The largest absolute Gasteiger partial charge is 0.325 e. The van der Waals surface area contributed by atoms with Crippen molar-refractivity contribution in [3.8, 4) is 0 Å². The molecular weight excluding hydrogens is 404 g/mol. The lowest BCUT2D eigenvalue weighted by Crippen LogP contribution is -2.45. The summed E-state index contributed by atoms with van der Waals surface area (Å²) in [5.74, 6) is -0.530. The first-order chi connectivity index (χ1) is 14.2. The van der Waals surface area contributed by atoms with E-state index in [-0.39, 0.29) is 43.3 Å². The van der Waals surface area contributed by atoms with Crippen LogP contribution < -0.4 is 15.5 Å². The summed E-state index contributed by atoms with van der Waals surface area (Å²) in [6, 6.07) is 12.2. The topological polar surface area (TPSA) is 81.8 Å². The molecule has 30 heavy (non-hydrogen) atoms. The number of hydrogen-bond donors (Lipinski definition) is 2. The molecule has 7 nitrogen and oxygen atoms in total. The molecule has 0 spiro atoms. The Labute approximate surface area is 181 Å². The standard InChI is InChI=1S/C22H25ClN4O3/c1-14-10-16(23)8-9-17(14)24-21(29)12-26(3)13-22(30)27-15(2)11-20(28)25-18-6-4-5-7-19(18)27/h4-10,15H,11-13H2,1-3H3,(H,24,29)(H,25,28)/t15-/m1/s1. The van der Waals surface area contributed by atoms with E-state index in [0.717, 1.165) is 5.56 Å². The molecule has 3 amide bonds. The molecular formula is C22H25ClN4O3. The van der Waals surface area contributed by atoms with Crippen LogP contribution in [0.4, 0.5) is 17.1 Å². The number of hydrogen-bond acceptors (Lipinski definition) is 4. The van der Waals surface area contributed by atoms with Crippen LogP contribution in [0, 0.1) is 6.92 Å². The van der Waals surface area contributed by atoms with Gasteiger partial charge in [0.1, 0.15) is 0 Å². The number of rotatable bonds is 5. The molecule has 0 radical (unpaired) electrons. The SMILES string of the molecule is Cc1cc(Cl)ccc1NC(=O)CN(C)CC(=O)N1c2ccccc2NC(=O)C[C@H]1C. The molecule has 2 aromatic rings. The van der Waals surface area contributed by atoms with Crippen LogP contribution in [0.15, 0.2) is 42.5 Å². The zero-order chi connectivity index (χ0) is 21.8. The summed E-state index contributed by atoms with van der Waals surface area (Å²) >= 11 is 5.95. The van der Waals surface area contributed by atoms with E-state index in [0.29, 0.717) is 22.1 Å². The molecule has 1 aliphatic rings. The third-order valence-electron chi connectivity index (χ3n) is 4.91. The first-order valence-corrected chi connectivity index (χ1v) is 10.1. The lowest BCUT2D eigenvalue weighted by atomic mass is 10.1. The van der Waals surface area contributed by atoms with E-state index < -0.39 is 0 Å². The molecule has 158 valence electrons. The van der Waals surface area contributed by atoms with E-state index in [4.69, 9.17) is 11.6 Å². The summed E-state index contributed by atoms with van der Waals surface area (Å²) in [4.78, 5) is 40.9. The van der Waals surface area contributed by atoms with E-state index in [1.807, 2.05) is 32.0 Å². The zero-order valence-corrected chi connectivity index (χ0v) is 18.0. The molecule has 0 aromatic heterocycles. The van der Waals surface area contributed by atoms with Gasteiger partial charge in [0.2, 0.25) is 17.7 Å². The third-order valence-corrected chi connectivity index (χ3v) is 5.14. The van der Waals surface area contributed by atoms with Crippen LogP contribution in [0.3, 0.4) is 0 Å². The maximum Gasteiger partial charge on any atom is 0.241 e. The maximum absolute atomic E-state index is 13.1. The van der Waals surface area contributed by atoms with Crippen molar-refractivity contribution in [2.45, 2.75) is 26.3 Å². The van der Waals surface area contributed by atoms with Gasteiger partial charge in [-0.3, -0.25) is 19.3 Å². The summed E-state index contributed by atoms with van der Waals surface area (Å²) < 4.78 is 0. The van der Waals surface area contributed by atoms with Crippen molar-refractivity contribution in [3.05, 3.63) is 53.1 Å². The van der Waals surface area contributed by atoms with Gasteiger partial charge in [0.25, 0.3) is 0 Å². The van der Waals surface area contributed by atoms with E-state index in [2.05, 4.69) is 10.6 Å². The summed E-state index contributed by atoms with van der Waals surface area (Å²) in [7, 11) is 1.71. The van der Waals surface area contributed by atoms with Crippen molar-refractivity contribution in [2.75, 3.05) is 35.7 Å². The maximum atomic E-state index is 13.1. The number of amides is 3. The predicted molar refractivity (Wildman–Crippen MR) is 119 cm³/mol. The van der Waals surface area contributed by atoms with E-state index >= 15 is 0 Å². The minimum Gasteiger partial charge on any atom is -0.325 e. The van der Waals surface area contributed by atoms with Crippen LogP contribution in [0.5, 0.6) is 0 Å². The lowest BCUT2D eigenvalue weighted by Gasteiger charge is -2.29. The number of likely N-dealkylation sites (N-methyl/N-ethyl adjacent to an activating group) is 1. The molecule has 1 aliphatic heterocycles. The number of fused-ring (bicyclic) bond motifs is 1. The second-order valence-corrected chi connectivity index (χ2v) is 8.00. The van der Waals surface area contributed by atoms with Crippen molar-refractivity contribution in [2.24, 2.45) is 0 Å². The van der Waals surface area contributed by atoms with Gasteiger partial charge in [0, 0.05) is 23.2 Å². The van der Waals surface area contributed by atoms with Gasteiger partial charge >= 0.3 is 0 Å². The minimum atomic E-state index is -0.292. The molecule has 0 fully saturated rings. The molecule has 0 saturated carbocycles. The van der Waals surface area contributed by atoms with Crippen LogP contribution in [0.1, 0.15) is 18.9 Å². The number of carbonyl (C=O) groups excluding carboxylic acids is 3. The van der Waals surface area contributed by atoms with Gasteiger partial charge in [-0.1, -0.05) is 23.7 Å². The Balaban J connectivity index is 1.66. The Hall–Kier alpha value is -2.90. The fourth-order valence-electron chi connectivity index (χ4n) is 3.53. The summed E-state index contributed by atoms with van der Waals surface area (Å²) in [5.41, 5.74) is 2.82. The summed E-state index contributed by atoms with van der Waals surface area (Å²) in [6.45, 7) is 3.80. The highest BCUT2D eigenvalue weighted by molar-refractivity contribution is 6.30. The number of nitrogens with zero attached hydrogens (tertiary/aromatic N) is 2. The van der Waals surface area contributed by atoms with Gasteiger partial charge in [-0.2, -0.15) is 0 Å². The quantitative estimate of drug-likeness (QED) is 0.765. The second kappa shape index (κ2) is 9.28. The van der Waals surface area contributed by atoms with Gasteiger partial charge in [0.05, 0.1) is 24.5 Å². The van der Waals surface area contributed by atoms with Crippen LogP contribution in [-0.4, -0.2) is 48.8 Å². The molecule has 2 N–H and O–H groups in total. The number of carbonyl (C=O) groups is 3. The molecule has 0 aliphatic carbocycles. The Morgan fingerprint density at radius 2 is 1.97 bits per heavy atom. The Morgan fingerprint density at radius 3 is 2.70 bits per heavy atom. The Morgan fingerprint density at radius 1 is 1.23 bits per heavy atom. The molecule has 3 rings (SSSR count). The first kappa shape index (κ1) is 21.8. The van der Waals surface area contributed by atoms with Crippen LogP contribution in [0.25, 0.3) is 0 Å². The smallest absolute Gasteiger partial charge is 0.241 e. The van der Waals surface area contributed by atoms with E-state index in [1.54, 1.807) is 41.1 Å². The van der Waals surface area contributed by atoms with Crippen molar-refractivity contribution >= 4 is 46.4 Å². The molecule has 1 atom stereocenters. The van der Waals surface area contributed by atoms with Crippen molar-refractivity contribution in [1.29, 1.82) is 0 Å². The monoisotopic (exact) mass is 428 g/mol. The molecule has 1 heterocycles. The van der Waals surface area contributed by atoms with E-state index in [1.165, 1.54) is 0 Å². The Kier molecular flexibility index (Phi) is 6.74. The van der Waals surface area contributed by atoms with Gasteiger partial charge in [-0.25, -0.2) is 0 Å². The normalized spacial score (nSPS) is 16.0. The van der Waals surface area contributed by atoms with Crippen molar-refractivity contribution in [1.82, 2.24) is 4.90 Å². The van der Waals surface area contributed by atoms with Gasteiger partial charge in [0.15, 0.2) is 0 Å². The van der Waals surface area contributed by atoms with Crippen LogP contribution in [-0.2, 0) is 14.4 Å². The van der Waals surface area contributed by atoms with Crippen LogP contribution in [0.2, 0.25) is 5.02 Å². The Bertz CT molecular complexity index is 979. The highest BCUT2D eigenvalue weighted by Gasteiger charge is 2.30. The zero-order valence-electron chi connectivity index (χ0n) is 17.2. The summed E-state index contributed by atoms with van der Waals surface area (Å²) in [5, 5.41) is 6.29. The number of anilines is 3. The van der Waals surface area contributed by atoms with Gasteiger partial charge < -0.3 is 15.5 Å². The fourth-order valence-corrected chi connectivity index (χ4v) is 3.76. The average molecular weight is 429 g/mol. The highest BCUT2D eigenvalue weighted by atomic mass is 35.5. The number of halogens is 1. The van der Waals surface area contributed by atoms with Crippen LogP contribution >= 0.6 is 11.6 Å². The number of aryl methyl sites for hydroxylation is 1. The first-order valence-electron chi connectivity index (χ1n) is 9.70. The van der Waals surface area contributed by atoms with Gasteiger partial charge in [-0.15, -0.1) is 0 Å². The third kappa shape index (κ3) is 5.17. The number of para-hydroxylation sites is 2. The predicted octanol–water partition coefficient (Wildman–Crippen LogP) is 3.28.